The molecule has 1 aliphatic rings. The Bertz CT molecular complexity index is 443. The third-order valence-electron chi connectivity index (χ3n) is 4.52. The van der Waals surface area contributed by atoms with E-state index in [0.717, 1.165) is 23.8 Å². The Kier molecular flexibility index (Phi) is 5.75. The Morgan fingerprint density at radius 3 is 2.35 bits per heavy atom. The van der Waals surface area contributed by atoms with E-state index in [2.05, 4.69) is 19.1 Å². The van der Waals surface area contributed by atoms with E-state index >= 15 is 0 Å². The number of hydrogen-bond acceptors (Lipinski definition) is 0. The van der Waals surface area contributed by atoms with Crippen molar-refractivity contribution in [1.29, 1.82) is 0 Å². The van der Waals surface area contributed by atoms with E-state index < -0.39 is 11.6 Å². The van der Waals surface area contributed by atoms with Crippen LogP contribution < -0.4 is 0 Å². The molecule has 1 fully saturated rings. The van der Waals surface area contributed by atoms with Gasteiger partial charge in [-0.3, -0.25) is 0 Å². The molecule has 0 amide bonds. The molecule has 1 aromatic rings. The fourth-order valence-corrected chi connectivity index (χ4v) is 3.05. The molecule has 0 aromatic heterocycles. The highest BCUT2D eigenvalue weighted by Gasteiger charge is 2.18. The van der Waals surface area contributed by atoms with Crippen molar-refractivity contribution in [3.05, 3.63) is 47.5 Å². The van der Waals surface area contributed by atoms with E-state index in [1.165, 1.54) is 44.2 Å². The molecule has 0 radical (unpaired) electrons. The Morgan fingerprint density at radius 2 is 1.70 bits per heavy atom. The lowest BCUT2D eigenvalue weighted by Crippen LogP contribution is -2.13. The van der Waals surface area contributed by atoms with Crippen molar-refractivity contribution < 1.29 is 8.78 Å². The van der Waals surface area contributed by atoms with Crippen LogP contribution in [0.4, 0.5) is 8.78 Å². The van der Waals surface area contributed by atoms with E-state index in [1.54, 1.807) is 6.07 Å². The smallest absolute Gasteiger partial charge is 0.159 e. The highest BCUT2D eigenvalue weighted by atomic mass is 19.2. The van der Waals surface area contributed by atoms with Crippen LogP contribution in [0.2, 0.25) is 0 Å². The lowest BCUT2D eigenvalue weighted by atomic mass is 9.79. The third kappa shape index (κ3) is 4.43. The first-order valence-corrected chi connectivity index (χ1v) is 7.78. The first-order valence-electron chi connectivity index (χ1n) is 7.78. The highest BCUT2D eigenvalue weighted by Crippen LogP contribution is 2.32. The normalized spacial score (nSPS) is 23.4. The standard InChI is InChI=1S/C18H24F2/c1-2-14-7-9-15(10-8-14)5-3-4-6-16-11-12-17(19)18(20)13-16/h3-4,11-15H,2,5-10H2,1H3. The van der Waals surface area contributed by atoms with Gasteiger partial charge in [0, 0.05) is 0 Å². The molecule has 0 unspecified atom stereocenters. The minimum absolute atomic E-state index is 0.682. The van der Waals surface area contributed by atoms with Crippen LogP contribution in [-0.2, 0) is 6.42 Å². The van der Waals surface area contributed by atoms with Crippen LogP contribution in [0.1, 0.15) is 51.0 Å². The molecule has 0 atom stereocenters. The van der Waals surface area contributed by atoms with E-state index in [0.29, 0.717) is 6.42 Å². The summed E-state index contributed by atoms with van der Waals surface area (Å²) in [5.41, 5.74) is 0.829. The van der Waals surface area contributed by atoms with Gasteiger partial charge in [0.15, 0.2) is 11.6 Å². The Balaban J connectivity index is 1.73. The molecule has 110 valence electrons. The predicted molar refractivity (Wildman–Crippen MR) is 79.6 cm³/mol. The number of allylic oxidation sites excluding steroid dienone is 2. The third-order valence-corrected chi connectivity index (χ3v) is 4.52. The van der Waals surface area contributed by atoms with Gasteiger partial charge >= 0.3 is 0 Å². The van der Waals surface area contributed by atoms with Crippen LogP contribution in [0, 0.1) is 23.5 Å². The van der Waals surface area contributed by atoms with Gasteiger partial charge in [-0.2, -0.15) is 0 Å². The van der Waals surface area contributed by atoms with Crippen LogP contribution in [0.25, 0.3) is 0 Å². The van der Waals surface area contributed by atoms with Crippen molar-refractivity contribution in [3.63, 3.8) is 0 Å². The van der Waals surface area contributed by atoms with Crippen molar-refractivity contribution in [1.82, 2.24) is 0 Å². The minimum atomic E-state index is -0.773. The zero-order valence-electron chi connectivity index (χ0n) is 12.2. The predicted octanol–water partition coefficient (Wildman–Crippen LogP) is 5.67. The van der Waals surface area contributed by atoms with Gasteiger partial charge in [-0.15, -0.1) is 0 Å². The van der Waals surface area contributed by atoms with Gasteiger partial charge in [-0.05, 0) is 55.2 Å². The molecule has 2 rings (SSSR count). The Hall–Kier alpha value is -1.18. The molecule has 0 nitrogen and oxygen atoms in total. The molecular formula is C18H24F2. The minimum Gasteiger partial charge on any atom is -0.204 e. The zero-order valence-corrected chi connectivity index (χ0v) is 12.2. The molecule has 2 heteroatoms. The van der Waals surface area contributed by atoms with Gasteiger partial charge in [-0.25, -0.2) is 8.78 Å². The first-order chi connectivity index (χ1) is 9.69. The summed E-state index contributed by atoms with van der Waals surface area (Å²) in [6.45, 7) is 2.28. The van der Waals surface area contributed by atoms with Crippen LogP contribution in [0.15, 0.2) is 30.4 Å². The van der Waals surface area contributed by atoms with Crippen LogP contribution in [0.5, 0.6) is 0 Å². The second kappa shape index (κ2) is 7.56. The summed E-state index contributed by atoms with van der Waals surface area (Å²) in [5.74, 6) is 0.232. The lowest BCUT2D eigenvalue weighted by Gasteiger charge is -2.26. The summed E-state index contributed by atoms with van der Waals surface area (Å²) in [4.78, 5) is 0. The van der Waals surface area contributed by atoms with E-state index in [9.17, 15) is 8.78 Å². The van der Waals surface area contributed by atoms with Gasteiger partial charge in [0.2, 0.25) is 0 Å². The summed E-state index contributed by atoms with van der Waals surface area (Å²) in [6, 6.07) is 4.13. The van der Waals surface area contributed by atoms with E-state index in [1.807, 2.05) is 0 Å². The Labute approximate surface area is 120 Å². The van der Waals surface area contributed by atoms with Crippen molar-refractivity contribution in [2.75, 3.05) is 0 Å². The van der Waals surface area contributed by atoms with Gasteiger partial charge in [0.1, 0.15) is 0 Å². The largest absolute Gasteiger partial charge is 0.204 e. The maximum Gasteiger partial charge on any atom is 0.159 e. The van der Waals surface area contributed by atoms with Gasteiger partial charge in [0.05, 0.1) is 0 Å². The number of benzene rings is 1. The molecule has 1 saturated carbocycles. The number of rotatable bonds is 5. The monoisotopic (exact) mass is 278 g/mol. The maximum absolute atomic E-state index is 13.1. The summed E-state index contributed by atoms with van der Waals surface area (Å²) < 4.78 is 25.8. The second-order valence-electron chi connectivity index (χ2n) is 5.95. The lowest BCUT2D eigenvalue weighted by molar-refractivity contribution is 0.271. The molecule has 0 saturated heterocycles. The summed E-state index contributed by atoms with van der Waals surface area (Å²) in [6.07, 6.45) is 12.8. The summed E-state index contributed by atoms with van der Waals surface area (Å²) >= 11 is 0. The fourth-order valence-electron chi connectivity index (χ4n) is 3.05. The topological polar surface area (TPSA) is 0 Å². The van der Waals surface area contributed by atoms with Gasteiger partial charge in [-0.1, -0.05) is 44.4 Å². The van der Waals surface area contributed by atoms with Crippen molar-refractivity contribution in [2.24, 2.45) is 11.8 Å². The number of halogens is 2. The van der Waals surface area contributed by atoms with Crippen molar-refractivity contribution in [2.45, 2.75) is 51.9 Å². The molecule has 0 N–H and O–H groups in total. The molecule has 0 aliphatic heterocycles. The molecule has 1 aliphatic carbocycles. The van der Waals surface area contributed by atoms with E-state index in [-0.39, 0.29) is 0 Å². The summed E-state index contributed by atoms with van der Waals surface area (Å²) in [7, 11) is 0. The Morgan fingerprint density at radius 1 is 1.00 bits per heavy atom. The molecule has 20 heavy (non-hydrogen) atoms. The molecule has 0 bridgehead atoms. The van der Waals surface area contributed by atoms with E-state index in [4.69, 9.17) is 0 Å². The molecule has 1 aromatic carbocycles. The van der Waals surface area contributed by atoms with Crippen molar-refractivity contribution >= 4 is 0 Å². The van der Waals surface area contributed by atoms with Gasteiger partial charge < -0.3 is 0 Å². The van der Waals surface area contributed by atoms with Crippen molar-refractivity contribution in [3.8, 4) is 0 Å². The highest BCUT2D eigenvalue weighted by molar-refractivity contribution is 5.20. The van der Waals surface area contributed by atoms with Crippen LogP contribution >= 0.6 is 0 Å². The molecular weight excluding hydrogens is 254 g/mol. The quantitative estimate of drug-likeness (QED) is 0.609. The molecule has 0 heterocycles. The van der Waals surface area contributed by atoms with Crippen LogP contribution in [0.3, 0.4) is 0 Å². The number of hydrogen-bond donors (Lipinski definition) is 0. The van der Waals surface area contributed by atoms with Crippen LogP contribution in [-0.4, -0.2) is 0 Å². The summed E-state index contributed by atoms with van der Waals surface area (Å²) in [5, 5.41) is 0. The zero-order chi connectivity index (χ0) is 14.4. The SMILES string of the molecule is CCC1CCC(CC=CCc2ccc(F)c(F)c2)CC1. The fraction of sp³-hybridized carbons (Fsp3) is 0.556. The first kappa shape index (κ1) is 15.2. The van der Waals surface area contributed by atoms with Gasteiger partial charge in [0.25, 0.3) is 0 Å². The maximum atomic E-state index is 13.1. The second-order valence-corrected chi connectivity index (χ2v) is 5.95. The molecule has 0 spiro atoms. The average Bonchev–Trinajstić information content (AvgIpc) is 2.48. The average molecular weight is 278 g/mol.